The molecule has 1 saturated heterocycles. The Balaban J connectivity index is 0.00000288. The Morgan fingerprint density at radius 2 is 1.79 bits per heavy atom. The Morgan fingerprint density at radius 3 is 2.29 bits per heavy atom. The van der Waals surface area contributed by atoms with E-state index in [1.807, 2.05) is 0 Å². The van der Waals surface area contributed by atoms with E-state index in [9.17, 15) is 0 Å². The maximum atomic E-state index is 6.54. The summed E-state index contributed by atoms with van der Waals surface area (Å²) < 4.78 is 5.82. The number of nitrogens with zero attached hydrogens (tertiary/aromatic N) is 1. The van der Waals surface area contributed by atoms with Gasteiger partial charge < -0.3 is 4.74 Å². The summed E-state index contributed by atoms with van der Waals surface area (Å²) in [7, 11) is 0. The average Bonchev–Trinajstić information content (AvgIpc) is 2.38. The average molecular weight is 374 g/mol. The van der Waals surface area contributed by atoms with Crippen LogP contribution in [0.15, 0.2) is 18.2 Å². The fourth-order valence-corrected chi connectivity index (χ4v) is 3.75. The topological polar surface area (TPSA) is 12.5 Å². The molecule has 0 radical (unpaired) electrons. The van der Waals surface area contributed by atoms with E-state index >= 15 is 0 Å². The first kappa shape index (κ1) is 21.8. The predicted molar refractivity (Wildman–Crippen MR) is 107 cm³/mol. The molecular formula is C20H33Cl2NO. The quantitative estimate of drug-likeness (QED) is 0.705. The van der Waals surface area contributed by atoms with Crippen molar-refractivity contribution in [3.63, 3.8) is 0 Å². The lowest BCUT2D eigenvalue weighted by molar-refractivity contribution is -0.0708. The van der Waals surface area contributed by atoms with E-state index in [2.05, 4.69) is 64.6 Å². The molecular weight excluding hydrogens is 341 g/mol. The highest BCUT2D eigenvalue weighted by molar-refractivity contribution is 6.31. The van der Waals surface area contributed by atoms with Crippen molar-refractivity contribution in [2.24, 2.45) is 5.92 Å². The summed E-state index contributed by atoms with van der Waals surface area (Å²) in [5.74, 6) is 0.588. The molecule has 0 saturated carbocycles. The number of hydrogen-bond acceptors (Lipinski definition) is 2. The van der Waals surface area contributed by atoms with Gasteiger partial charge in [0.25, 0.3) is 0 Å². The number of rotatable bonds is 4. The molecule has 0 spiro atoms. The van der Waals surface area contributed by atoms with E-state index < -0.39 is 0 Å². The molecule has 1 aliphatic heterocycles. The molecule has 1 fully saturated rings. The van der Waals surface area contributed by atoms with E-state index in [1.54, 1.807) is 0 Å². The molecule has 0 aliphatic carbocycles. The van der Waals surface area contributed by atoms with Crippen LogP contribution in [0.5, 0.6) is 0 Å². The summed E-state index contributed by atoms with van der Waals surface area (Å²) in [6.07, 6.45) is 1.70. The molecule has 0 N–H and O–H groups in total. The third kappa shape index (κ3) is 6.22. The van der Waals surface area contributed by atoms with E-state index in [0.717, 1.165) is 31.1 Å². The first-order chi connectivity index (χ1) is 10.6. The van der Waals surface area contributed by atoms with Crippen molar-refractivity contribution in [1.82, 2.24) is 4.90 Å². The summed E-state index contributed by atoms with van der Waals surface area (Å²) in [5.41, 5.74) is 2.71. The maximum Gasteiger partial charge on any atom is 0.0678 e. The summed E-state index contributed by atoms with van der Waals surface area (Å²) in [6.45, 7) is 16.5. The lowest BCUT2D eigenvalue weighted by atomic mass is 9.86. The Bertz CT molecular complexity index is 517. The van der Waals surface area contributed by atoms with Crippen LogP contribution in [0.1, 0.15) is 52.7 Å². The highest BCUT2D eigenvalue weighted by Crippen LogP contribution is 2.28. The van der Waals surface area contributed by atoms with Gasteiger partial charge in [-0.15, -0.1) is 12.4 Å². The van der Waals surface area contributed by atoms with Gasteiger partial charge in [-0.2, -0.15) is 0 Å². The molecule has 24 heavy (non-hydrogen) atoms. The molecule has 0 bridgehead atoms. The predicted octanol–water partition coefficient (Wildman–Crippen LogP) is 5.35. The second-order valence-corrected chi connectivity index (χ2v) is 8.75. The second-order valence-electron chi connectivity index (χ2n) is 8.34. The third-order valence-electron chi connectivity index (χ3n) is 4.55. The van der Waals surface area contributed by atoms with Gasteiger partial charge in [-0.05, 0) is 48.8 Å². The highest BCUT2D eigenvalue weighted by atomic mass is 35.5. The zero-order valence-corrected chi connectivity index (χ0v) is 17.5. The second kappa shape index (κ2) is 8.89. The SMILES string of the molecule is CC(Cc1ccc(C(C)(C)C)cc1Cl)CN1C[C@@H](C)O[C@@H](C)C1.Cl. The van der Waals surface area contributed by atoms with Gasteiger partial charge in [-0.25, -0.2) is 0 Å². The van der Waals surface area contributed by atoms with E-state index in [-0.39, 0.29) is 17.8 Å². The zero-order chi connectivity index (χ0) is 17.2. The van der Waals surface area contributed by atoms with Crippen molar-refractivity contribution in [3.05, 3.63) is 34.3 Å². The van der Waals surface area contributed by atoms with Crippen LogP contribution in [0, 0.1) is 5.92 Å². The van der Waals surface area contributed by atoms with Gasteiger partial charge in [0.2, 0.25) is 0 Å². The van der Waals surface area contributed by atoms with Crippen LogP contribution in [0.25, 0.3) is 0 Å². The number of morpholine rings is 1. The van der Waals surface area contributed by atoms with Gasteiger partial charge in [0, 0.05) is 24.7 Å². The Morgan fingerprint density at radius 1 is 1.21 bits per heavy atom. The van der Waals surface area contributed by atoms with Crippen LogP contribution in [0.4, 0.5) is 0 Å². The Kier molecular flexibility index (Phi) is 8.06. The minimum absolute atomic E-state index is 0. The van der Waals surface area contributed by atoms with Gasteiger partial charge >= 0.3 is 0 Å². The summed E-state index contributed by atoms with van der Waals surface area (Å²) in [6, 6.07) is 6.58. The molecule has 1 aromatic carbocycles. The summed E-state index contributed by atoms with van der Waals surface area (Å²) >= 11 is 6.54. The third-order valence-corrected chi connectivity index (χ3v) is 4.90. The standard InChI is InChI=1S/C20H32ClNO.ClH/c1-14(11-22-12-15(2)23-16(3)13-22)9-17-7-8-18(10-19(17)21)20(4,5)6;/h7-8,10,14-16H,9,11-13H2,1-6H3;1H/t14?,15-,16+;. The molecule has 2 rings (SSSR count). The Labute approximate surface area is 159 Å². The number of ether oxygens (including phenoxy) is 1. The normalized spacial score (nSPS) is 23.6. The molecule has 0 amide bonds. The first-order valence-electron chi connectivity index (χ1n) is 8.82. The summed E-state index contributed by atoms with van der Waals surface area (Å²) in [5, 5.41) is 0.910. The van der Waals surface area contributed by atoms with Crippen molar-refractivity contribution in [2.75, 3.05) is 19.6 Å². The van der Waals surface area contributed by atoms with E-state index in [0.29, 0.717) is 18.1 Å². The number of halogens is 2. The first-order valence-corrected chi connectivity index (χ1v) is 9.19. The van der Waals surface area contributed by atoms with E-state index in [1.165, 1.54) is 11.1 Å². The van der Waals surface area contributed by atoms with Crippen LogP contribution in [-0.2, 0) is 16.6 Å². The van der Waals surface area contributed by atoms with Crippen LogP contribution in [0.3, 0.4) is 0 Å². The van der Waals surface area contributed by atoms with Crippen LogP contribution >= 0.6 is 24.0 Å². The molecule has 138 valence electrons. The van der Waals surface area contributed by atoms with Crippen molar-refractivity contribution < 1.29 is 4.74 Å². The minimum Gasteiger partial charge on any atom is -0.373 e. The summed E-state index contributed by atoms with van der Waals surface area (Å²) in [4.78, 5) is 2.53. The Hall–Kier alpha value is -0.280. The largest absolute Gasteiger partial charge is 0.373 e. The van der Waals surface area contributed by atoms with Gasteiger partial charge in [-0.1, -0.05) is 51.4 Å². The van der Waals surface area contributed by atoms with Gasteiger partial charge in [0.05, 0.1) is 12.2 Å². The van der Waals surface area contributed by atoms with Crippen molar-refractivity contribution >= 4 is 24.0 Å². The van der Waals surface area contributed by atoms with Crippen LogP contribution in [-0.4, -0.2) is 36.7 Å². The number of hydrogen-bond donors (Lipinski definition) is 0. The molecule has 1 aliphatic rings. The molecule has 4 heteroatoms. The fraction of sp³-hybridized carbons (Fsp3) is 0.700. The molecule has 0 aromatic heterocycles. The fourth-order valence-electron chi connectivity index (χ4n) is 3.49. The van der Waals surface area contributed by atoms with Crippen molar-refractivity contribution in [2.45, 2.75) is 65.6 Å². The van der Waals surface area contributed by atoms with Crippen molar-refractivity contribution in [3.8, 4) is 0 Å². The van der Waals surface area contributed by atoms with Crippen LogP contribution in [0.2, 0.25) is 5.02 Å². The molecule has 2 nitrogen and oxygen atoms in total. The van der Waals surface area contributed by atoms with Gasteiger partial charge in [-0.3, -0.25) is 4.90 Å². The van der Waals surface area contributed by atoms with E-state index in [4.69, 9.17) is 16.3 Å². The monoisotopic (exact) mass is 373 g/mol. The zero-order valence-electron chi connectivity index (χ0n) is 15.9. The van der Waals surface area contributed by atoms with Crippen LogP contribution < -0.4 is 0 Å². The van der Waals surface area contributed by atoms with Gasteiger partial charge in [0.1, 0.15) is 0 Å². The molecule has 1 heterocycles. The van der Waals surface area contributed by atoms with Crippen molar-refractivity contribution in [1.29, 1.82) is 0 Å². The lowest BCUT2D eigenvalue weighted by Crippen LogP contribution is -2.47. The van der Waals surface area contributed by atoms with Gasteiger partial charge in [0.15, 0.2) is 0 Å². The maximum absolute atomic E-state index is 6.54. The molecule has 1 unspecified atom stereocenters. The minimum atomic E-state index is 0. The lowest BCUT2D eigenvalue weighted by Gasteiger charge is -2.36. The highest BCUT2D eigenvalue weighted by Gasteiger charge is 2.23. The molecule has 1 aromatic rings. The molecule has 3 atom stereocenters. The number of benzene rings is 1. The smallest absolute Gasteiger partial charge is 0.0678 e.